The zero-order chi connectivity index (χ0) is 15.9. The molecular weight excluding hydrogens is 365 g/mol. The lowest BCUT2D eigenvalue weighted by molar-refractivity contribution is 0.595. The quantitative estimate of drug-likeness (QED) is 0.765. The molecule has 0 aliphatic carbocycles. The third kappa shape index (κ3) is 2.94. The molecule has 0 saturated heterocycles. The van der Waals surface area contributed by atoms with Crippen molar-refractivity contribution in [3.8, 4) is 0 Å². The predicted octanol–water partition coefficient (Wildman–Crippen LogP) is 3.96. The Bertz CT molecular complexity index is 898. The van der Waals surface area contributed by atoms with Crippen molar-refractivity contribution < 1.29 is 8.42 Å². The molecule has 22 heavy (non-hydrogen) atoms. The first-order valence-corrected chi connectivity index (χ1v) is 9.08. The van der Waals surface area contributed by atoms with Gasteiger partial charge in [-0.25, -0.2) is 4.98 Å². The minimum Gasteiger partial charge on any atom is -0.331 e. The molecule has 0 unspecified atom stereocenters. The Morgan fingerprint density at radius 3 is 2.77 bits per heavy atom. The van der Waals surface area contributed by atoms with Gasteiger partial charge in [0.2, 0.25) is 0 Å². The summed E-state index contributed by atoms with van der Waals surface area (Å²) in [6, 6.07) is 6.51. The Morgan fingerprint density at radius 1 is 1.27 bits per heavy atom. The smallest absolute Gasteiger partial charge is 0.285 e. The molecule has 0 spiro atoms. The van der Waals surface area contributed by atoms with Crippen LogP contribution in [0.2, 0.25) is 10.2 Å². The second-order valence-electron chi connectivity index (χ2n) is 4.49. The molecule has 114 valence electrons. The number of aromatic nitrogens is 1. The lowest BCUT2D eigenvalue weighted by Gasteiger charge is -2.17. The second-order valence-corrected chi connectivity index (χ2v) is 7.86. The number of pyridine rings is 1. The highest BCUT2D eigenvalue weighted by atomic mass is 35.5. The highest BCUT2D eigenvalue weighted by molar-refractivity contribution is 8.15. The molecule has 3 rings (SSSR count). The molecular formula is C13H9Cl2N3O2S2. The van der Waals surface area contributed by atoms with Crippen LogP contribution in [-0.4, -0.2) is 18.6 Å². The van der Waals surface area contributed by atoms with E-state index in [0.29, 0.717) is 21.2 Å². The van der Waals surface area contributed by atoms with Gasteiger partial charge in [0.15, 0.2) is 10.3 Å². The Balaban J connectivity index is 2.02. The van der Waals surface area contributed by atoms with Crippen LogP contribution < -0.4 is 5.32 Å². The summed E-state index contributed by atoms with van der Waals surface area (Å²) >= 11 is 13.2. The number of hydrogen-bond donors (Lipinski definition) is 1. The summed E-state index contributed by atoms with van der Waals surface area (Å²) in [5.74, 6) is 0. The fourth-order valence-corrected chi connectivity index (χ4v) is 4.83. The van der Waals surface area contributed by atoms with Gasteiger partial charge in [-0.05, 0) is 48.5 Å². The van der Waals surface area contributed by atoms with Gasteiger partial charge in [-0.3, -0.25) is 0 Å². The molecule has 1 aliphatic rings. The molecule has 0 radical (unpaired) electrons. The third-order valence-electron chi connectivity index (χ3n) is 2.91. The van der Waals surface area contributed by atoms with Crippen LogP contribution in [0, 0.1) is 6.92 Å². The summed E-state index contributed by atoms with van der Waals surface area (Å²) in [5, 5.41) is 3.81. The lowest BCUT2D eigenvalue weighted by Crippen LogP contribution is -2.16. The van der Waals surface area contributed by atoms with Gasteiger partial charge in [0.25, 0.3) is 10.0 Å². The van der Waals surface area contributed by atoms with Gasteiger partial charge < -0.3 is 5.32 Å². The number of nitrogens with zero attached hydrogens (tertiary/aromatic N) is 2. The van der Waals surface area contributed by atoms with Crippen molar-refractivity contribution >= 4 is 55.8 Å². The molecule has 0 saturated carbocycles. The Hall–Kier alpha value is -1.28. The van der Waals surface area contributed by atoms with Crippen molar-refractivity contribution in [2.45, 2.75) is 16.7 Å². The summed E-state index contributed by atoms with van der Waals surface area (Å²) in [4.78, 5) is 4.60. The van der Waals surface area contributed by atoms with Crippen molar-refractivity contribution in [3.05, 3.63) is 46.2 Å². The molecule has 9 heteroatoms. The van der Waals surface area contributed by atoms with Crippen LogP contribution in [0.1, 0.15) is 5.56 Å². The molecule has 1 aromatic carbocycles. The molecule has 1 N–H and O–H groups in total. The van der Waals surface area contributed by atoms with Crippen LogP contribution in [0.15, 0.2) is 44.7 Å². The maximum atomic E-state index is 12.3. The minimum atomic E-state index is -3.78. The van der Waals surface area contributed by atoms with Gasteiger partial charge in [0.1, 0.15) is 4.90 Å². The van der Waals surface area contributed by atoms with E-state index in [2.05, 4.69) is 14.7 Å². The van der Waals surface area contributed by atoms with E-state index < -0.39 is 10.0 Å². The number of anilines is 1. The van der Waals surface area contributed by atoms with E-state index in [9.17, 15) is 8.42 Å². The largest absolute Gasteiger partial charge is 0.331 e. The van der Waals surface area contributed by atoms with Crippen LogP contribution in [0.4, 0.5) is 5.69 Å². The van der Waals surface area contributed by atoms with Crippen molar-refractivity contribution in [1.29, 1.82) is 0 Å². The van der Waals surface area contributed by atoms with Crippen molar-refractivity contribution in [2.75, 3.05) is 5.32 Å². The number of thioether (sulfide) groups is 1. The van der Waals surface area contributed by atoms with Crippen molar-refractivity contribution in [2.24, 2.45) is 4.40 Å². The van der Waals surface area contributed by atoms with Crippen molar-refractivity contribution in [1.82, 2.24) is 4.98 Å². The second kappa shape index (κ2) is 5.73. The zero-order valence-corrected chi connectivity index (χ0v) is 14.3. The SMILES string of the molecule is Cc1cc2c(cc1Cl)SC(Nc1cccnc1Cl)=NS2(=O)=O. The van der Waals surface area contributed by atoms with Gasteiger partial charge in [0, 0.05) is 16.1 Å². The molecule has 1 aromatic heterocycles. The number of rotatable bonds is 1. The topological polar surface area (TPSA) is 71.4 Å². The minimum absolute atomic E-state index is 0.155. The van der Waals surface area contributed by atoms with Crippen LogP contribution in [-0.2, 0) is 10.0 Å². The number of nitrogens with one attached hydrogen (secondary N) is 1. The standard InChI is InChI=1S/C13H9Cl2N3O2S2/c1-7-5-11-10(6-8(7)14)21-13(18-22(11,19)20)17-9-3-2-4-16-12(9)15/h2-6H,1H3,(H,17,18). The Kier molecular flexibility index (Phi) is 4.07. The monoisotopic (exact) mass is 373 g/mol. The zero-order valence-electron chi connectivity index (χ0n) is 11.2. The Labute approximate surface area is 141 Å². The first kappa shape index (κ1) is 15.6. The maximum absolute atomic E-state index is 12.3. The predicted molar refractivity (Wildman–Crippen MR) is 89.5 cm³/mol. The molecule has 5 nitrogen and oxygen atoms in total. The first-order valence-electron chi connectivity index (χ1n) is 6.07. The van der Waals surface area contributed by atoms with Gasteiger partial charge in [-0.15, -0.1) is 4.40 Å². The molecule has 1 aliphatic heterocycles. The van der Waals surface area contributed by atoms with E-state index in [4.69, 9.17) is 23.2 Å². The third-order valence-corrected chi connectivity index (χ3v) is 6.13. The number of hydrogen-bond acceptors (Lipinski definition) is 5. The summed E-state index contributed by atoms with van der Waals surface area (Å²) in [6.45, 7) is 1.75. The van der Waals surface area contributed by atoms with Crippen LogP contribution in [0.3, 0.4) is 0 Å². The molecule has 2 aromatic rings. The number of sulfonamides is 1. The molecule has 0 atom stereocenters. The highest BCUT2D eigenvalue weighted by Crippen LogP contribution is 2.37. The number of aryl methyl sites for hydroxylation is 1. The summed E-state index contributed by atoms with van der Waals surface area (Å²) in [7, 11) is -3.78. The molecule has 0 bridgehead atoms. The van der Waals surface area contributed by atoms with Gasteiger partial charge in [-0.2, -0.15) is 8.42 Å². The summed E-state index contributed by atoms with van der Waals surface area (Å²) < 4.78 is 28.4. The van der Waals surface area contributed by atoms with Crippen LogP contribution in [0.25, 0.3) is 0 Å². The first-order chi connectivity index (χ1) is 10.4. The number of amidine groups is 1. The fraction of sp³-hybridized carbons (Fsp3) is 0.0769. The van der Waals surface area contributed by atoms with Crippen LogP contribution >= 0.6 is 35.0 Å². The van der Waals surface area contributed by atoms with Crippen molar-refractivity contribution in [3.63, 3.8) is 0 Å². The van der Waals surface area contributed by atoms with E-state index in [1.807, 2.05) is 0 Å². The molecule has 2 heterocycles. The van der Waals surface area contributed by atoms with Gasteiger partial charge >= 0.3 is 0 Å². The fourth-order valence-electron chi connectivity index (χ4n) is 1.84. The summed E-state index contributed by atoms with van der Waals surface area (Å²) in [6.07, 6.45) is 1.54. The van der Waals surface area contributed by atoms with E-state index >= 15 is 0 Å². The van der Waals surface area contributed by atoms with E-state index in [-0.39, 0.29) is 15.2 Å². The molecule has 0 amide bonds. The van der Waals surface area contributed by atoms with Gasteiger partial charge in [-0.1, -0.05) is 23.2 Å². The number of fused-ring (bicyclic) bond motifs is 1. The van der Waals surface area contributed by atoms with E-state index in [1.54, 1.807) is 25.1 Å². The summed E-state index contributed by atoms with van der Waals surface area (Å²) in [5.41, 5.74) is 1.17. The number of benzene rings is 1. The van der Waals surface area contributed by atoms with E-state index in [0.717, 1.165) is 0 Å². The Morgan fingerprint density at radius 2 is 2.05 bits per heavy atom. The lowest BCUT2D eigenvalue weighted by atomic mass is 10.2. The van der Waals surface area contributed by atoms with E-state index in [1.165, 1.54) is 24.0 Å². The normalized spacial score (nSPS) is 15.9. The van der Waals surface area contributed by atoms with Crippen LogP contribution in [0.5, 0.6) is 0 Å². The highest BCUT2D eigenvalue weighted by Gasteiger charge is 2.27. The molecule has 0 fully saturated rings. The average molecular weight is 374 g/mol. The maximum Gasteiger partial charge on any atom is 0.285 e. The van der Waals surface area contributed by atoms with Gasteiger partial charge in [0.05, 0.1) is 5.69 Å². The number of halogens is 2. The average Bonchev–Trinajstić information content (AvgIpc) is 2.43.